The predicted molar refractivity (Wildman–Crippen MR) is 61.8 cm³/mol. The van der Waals surface area contributed by atoms with Crippen molar-refractivity contribution in [1.29, 1.82) is 0 Å². The lowest BCUT2D eigenvalue weighted by atomic mass is 9.87. The Morgan fingerprint density at radius 3 is 2.00 bits per heavy atom. The normalized spacial score (nSPS) is 13.8. The van der Waals surface area contributed by atoms with Gasteiger partial charge in [-0.2, -0.15) is 0 Å². The molecule has 0 radical (unpaired) electrons. The molecule has 0 aliphatic rings. The third-order valence-electron chi connectivity index (χ3n) is 2.92. The highest BCUT2D eigenvalue weighted by Gasteiger charge is 2.10. The van der Waals surface area contributed by atoms with E-state index in [1.807, 2.05) is 0 Å². The Balaban J connectivity index is 3.62. The Bertz CT molecular complexity index is 142. The molecule has 0 aromatic carbocycles. The lowest BCUT2D eigenvalue weighted by molar-refractivity contribution is 0.455. The zero-order valence-electron chi connectivity index (χ0n) is 10.1. The zero-order chi connectivity index (χ0) is 10.4. The van der Waals surface area contributed by atoms with Crippen molar-refractivity contribution in [3.05, 3.63) is 12.2 Å². The summed E-state index contributed by atoms with van der Waals surface area (Å²) in [6.45, 7) is 15.6. The van der Waals surface area contributed by atoms with Crippen molar-refractivity contribution in [2.45, 2.75) is 53.9 Å². The SMILES string of the molecule is C=C(CCCC(C)C)C(C)C(C)C. The number of hydrogen-bond acceptors (Lipinski definition) is 0. The van der Waals surface area contributed by atoms with Crippen molar-refractivity contribution in [3.8, 4) is 0 Å². The molecule has 13 heavy (non-hydrogen) atoms. The van der Waals surface area contributed by atoms with E-state index in [0.29, 0.717) is 5.92 Å². The summed E-state index contributed by atoms with van der Waals surface area (Å²) in [4.78, 5) is 0. The van der Waals surface area contributed by atoms with Gasteiger partial charge in [0.2, 0.25) is 0 Å². The standard InChI is InChI=1S/C13H26/c1-10(2)8-7-9-12(5)13(6)11(3)4/h10-11,13H,5,7-9H2,1-4,6H3. The molecule has 0 fully saturated rings. The fourth-order valence-corrected chi connectivity index (χ4v) is 1.44. The van der Waals surface area contributed by atoms with Crippen LogP contribution in [0.3, 0.4) is 0 Å². The molecule has 0 rings (SSSR count). The highest BCUT2D eigenvalue weighted by Crippen LogP contribution is 2.23. The van der Waals surface area contributed by atoms with E-state index in [9.17, 15) is 0 Å². The van der Waals surface area contributed by atoms with E-state index in [-0.39, 0.29) is 0 Å². The highest BCUT2D eigenvalue weighted by atomic mass is 14.2. The van der Waals surface area contributed by atoms with Gasteiger partial charge >= 0.3 is 0 Å². The van der Waals surface area contributed by atoms with Gasteiger partial charge in [0, 0.05) is 0 Å². The van der Waals surface area contributed by atoms with Crippen LogP contribution in [-0.4, -0.2) is 0 Å². The predicted octanol–water partition coefficient (Wildman–Crippen LogP) is 4.66. The fraction of sp³-hybridized carbons (Fsp3) is 0.846. The maximum atomic E-state index is 4.17. The molecule has 0 spiro atoms. The Labute approximate surface area is 84.4 Å². The van der Waals surface area contributed by atoms with E-state index < -0.39 is 0 Å². The molecule has 1 unspecified atom stereocenters. The average Bonchev–Trinajstić information content (AvgIpc) is 2.02. The topological polar surface area (TPSA) is 0 Å². The van der Waals surface area contributed by atoms with Crippen molar-refractivity contribution in [2.24, 2.45) is 17.8 Å². The summed E-state index contributed by atoms with van der Waals surface area (Å²) in [5, 5.41) is 0. The van der Waals surface area contributed by atoms with Gasteiger partial charge in [-0.25, -0.2) is 0 Å². The average molecular weight is 182 g/mol. The van der Waals surface area contributed by atoms with Gasteiger partial charge in [-0.05, 0) is 30.6 Å². The summed E-state index contributed by atoms with van der Waals surface area (Å²) < 4.78 is 0. The summed E-state index contributed by atoms with van der Waals surface area (Å²) in [6, 6.07) is 0. The molecular formula is C13H26. The first-order valence-electron chi connectivity index (χ1n) is 5.62. The van der Waals surface area contributed by atoms with Gasteiger partial charge in [0.15, 0.2) is 0 Å². The summed E-state index contributed by atoms with van der Waals surface area (Å²) in [7, 11) is 0. The molecule has 0 nitrogen and oxygen atoms in total. The van der Waals surface area contributed by atoms with Crippen LogP contribution in [0.2, 0.25) is 0 Å². The number of rotatable bonds is 6. The van der Waals surface area contributed by atoms with Crippen LogP contribution in [0.15, 0.2) is 12.2 Å². The van der Waals surface area contributed by atoms with Gasteiger partial charge in [0.05, 0.1) is 0 Å². The molecule has 1 atom stereocenters. The quantitative estimate of drug-likeness (QED) is 0.524. The zero-order valence-corrected chi connectivity index (χ0v) is 10.1. The molecule has 0 N–H and O–H groups in total. The molecule has 0 bridgehead atoms. The molecule has 0 aliphatic carbocycles. The third kappa shape index (κ3) is 5.90. The van der Waals surface area contributed by atoms with E-state index in [1.165, 1.54) is 24.8 Å². The third-order valence-corrected chi connectivity index (χ3v) is 2.92. The van der Waals surface area contributed by atoms with Crippen LogP contribution < -0.4 is 0 Å². The van der Waals surface area contributed by atoms with Crippen LogP contribution in [0.5, 0.6) is 0 Å². The van der Waals surface area contributed by atoms with Crippen molar-refractivity contribution >= 4 is 0 Å². The second kappa shape index (κ2) is 6.23. The minimum absolute atomic E-state index is 0.687. The minimum Gasteiger partial charge on any atom is -0.0996 e. The second-order valence-corrected chi connectivity index (χ2v) is 4.98. The van der Waals surface area contributed by atoms with Crippen LogP contribution in [0.25, 0.3) is 0 Å². The van der Waals surface area contributed by atoms with Gasteiger partial charge in [-0.15, -0.1) is 0 Å². The molecule has 0 aliphatic heterocycles. The van der Waals surface area contributed by atoms with Crippen molar-refractivity contribution in [1.82, 2.24) is 0 Å². The van der Waals surface area contributed by atoms with Crippen molar-refractivity contribution < 1.29 is 0 Å². The van der Waals surface area contributed by atoms with Gasteiger partial charge in [-0.1, -0.05) is 53.2 Å². The first-order chi connectivity index (χ1) is 5.95. The van der Waals surface area contributed by atoms with Gasteiger partial charge < -0.3 is 0 Å². The first kappa shape index (κ1) is 12.7. The smallest absolute Gasteiger partial charge is 0.0211 e. The lowest BCUT2D eigenvalue weighted by Gasteiger charge is -2.18. The van der Waals surface area contributed by atoms with E-state index in [0.717, 1.165) is 11.8 Å². The highest BCUT2D eigenvalue weighted by molar-refractivity contribution is 4.99. The summed E-state index contributed by atoms with van der Waals surface area (Å²) in [5.74, 6) is 2.26. The summed E-state index contributed by atoms with van der Waals surface area (Å²) in [5.41, 5.74) is 1.44. The van der Waals surface area contributed by atoms with Crippen molar-refractivity contribution in [2.75, 3.05) is 0 Å². The Morgan fingerprint density at radius 1 is 1.08 bits per heavy atom. The fourth-order valence-electron chi connectivity index (χ4n) is 1.44. The van der Waals surface area contributed by atoms with Crippen LogP contribution in [0.4, 0.5) is 0 Å². The molecule has 0 aromatic rings. The van der Waals surface area contributed by atoms with Crippen LogP contribution in [0, 0.1) is 17.8 Å². The molecule has 0 saturated heterocycles. The lowest BCUT2D eigenvalue weighted by Crippen LogP contribution is -2.06. The van der Waals surface area contributed by atoms with Gasteiger partial charge in [-0.3, -0.25) is 0 Å². The minimum atomic E-state index is 0.687. The van der Waals surface area contributed by atoms with E-state index >= 15 is 0 Å². The monoisotopic (exact) mass is 182 g/mol. The summed E-state index contributed by atoms with van der Waals surface area (Å²) in [6.07, 6.45) is 3.87. The molecule has 0 heteroatoms. The van der Waals surface area contributed by atoms with Gasteiger partial charge in [0.25, 0.3) is 0 Å². The molecule has 78 valence electrons. The Morgan fingerprint density at radius 2 is 1.62 bits per heavy atom. The molecular weight excluding hydrogens is 156 g/mol. The maximum absolute atomic E-state index is 4.17. The number of hydrogen-bond donors (Lipinski definition) is 0. The molecule has 0 heterocycles. The Kier molecular flexibility index (Phi) is 6.11. The van der Waals surface area contributed by atoms with Crippen molar-refractivity contribution in [3.63, 3.8) is 0 Å². The molecule has 0 saturated carbocycles. The maximum Gasteiger partial charge on any atom is -0.0211 e. The summed E-state index contributed by atoms with van der Waals surface area (Å²) >= 11 is 0. The van der Waals surface area contributed by atoms with E-state index in [1.54, 1.807) is 0 Å². The first-order valence-corrected chi connectivity index (χ1v) is 5.62. The van der Waals surface area contributed by atoms with Crippen LogP contribution in [-0.2, 0) is 0 Å². The molecule has 0 aromatic heterocycles. The number of allylic oxidation sites excluding steroid dienone is 1. The van der Waals surface area contributed by atoms with Crippen LogP contribution >= 0.6 is 0 Å². The molecule has 0 amide bonds. The Hall–Kier alpha value is -0.260. The van der Waals surface area contributed by atoms with E-state index in [2.05, 4.69) is 41.2 Å². The second-order valence-electron chi connectivity index (χ2n) is 4.98. The van der Waals surface area contributed by atoms with E-state index in [4.69, 9.17) is 0 Å². The van der Waals surface area contributed by atoms with Crippen LogP contribution in [0.1, 0.15) is 53.9 Å². The largest absolute Gasteiger partial charge is 0.0996 e. The van der Waals surface area contributed by atoms with Gasteiger partial charge in [0.1, 0.15) is 0 Å².